The number of halogens is 1. The highest BCUT2D eigenvalue weighted by atomic mass is 19.1. The first-order chi connectivity index (χ1) is 7.60. The first kappa shape index (κ1) is 11.1. The van der Waals surface area contributed by atoms with Crippen LogP contribution in [0, 0.1) is 5.82 Å². The molecule has 1 N–H and O–H groups in total. The van der Waals surface area contributed by atoms with E-state index in [-0.39, 0.29) is 5.82 Å². The second-order valence-corrected chi connectivity index (χ2v) is 4.40. The number of benzene rings is 1. The molecule has 0 atom stereocenters. The summed E-state index contributed by atoms with van der Waals surface area (Å²) in [7, 11) is 0. The van der Waals surface area contributed by atoms with Gasteiger partial charge in [-0.15, -0.1) is 0 Å². The Labute approximate surface area is 94.1 Å². The number of carbonyl (C=O) groups is 1. The molecule has 0 aliphatic heterocycles. The van der Waals surface area contributed by atoms with Gasteiger partial charge in [0.2, 0.25) is 0 Å². The molecule has 2 rings (SSSR count). The van der Waals surface area contributed by atoms with Gasteiger partial charge in [0.25, 0.3) is 0 Å². The summed E-state index contributed by atoms with van der Waals surface area (Å²) in [5.74, 6) is -1.03. The Kier molecular flexibility index (Phi) is 2.70. The molecule has 0 amide bonds. The fourth-order valence-corrected chi connectivity index (χ4v) is 2.30. The molecular formula is C13H15FO2. The van der Waals surface area contributed by atoms with Gasteiger partial charge in [0, 0.05) is 0 Å². The predicted octanol–water partition coefficient (Wildman–Crippen LogP) is 2.89. The van der Waals surface area contributed by atoms with E-state index in [4.69, 9.17) is 0 Å². The number of carboxylic acids is 1. The smallest absolute Gasteiger partial charge is 0.314 e. The molecular weight excluding hydrogens is 207 g/mol. The normalized spacial score (nSPS) is 17.9. The number of aliphatic carboxylic acids is 1. The van der Waals surface area contributed by atoms with Crippen molar-refractivity contribution in [2.24, 2.45) is 0 Å². The fraction of sp³-hybridized carbons (Fsp3) is 0.462. The third-order valence-electron chi connectivity index (χ3n) is 3.60. The molecule has 16 heavy (non-hydrogen) atoms. The minimum atomic E-state index is -0.785. The first-order valence-corrected chi connectivity index (χ1v) is 5.62. The van der Waals surface area contributed by atoms with Gasteiger partial charge in [0.1, 0.15) is 5.82 Å². The maximum absolute atomic E-state index is 13.3. The molecule has 0 aromatic heterocycles. The van der Waals surface area contributed by atoms with E-state index in [2.05, 4.69) is 0 Å². The van der Waals surface area contributed by atoms with E-state index in [0.29, 0.717) is 24.8 Å². The highest BCUT2D eigenvalue weighted by molar-refractivity contribution is 5.82. The molecule has 1 saturated carbocycles. The first-order valence-electron chi connectivity index (χ1n) is 5.62. The standard InChI is InChI=1S/C13H15FO2/c1-2-9-8-10(4-5-11(9)14)13(12(15)16)6-3-7-13/h4-5,8H,2-3,6-7H2,1H3,(H,15,16). The molecule has 1 fully saturated rings. The van der Waals surface area contributed by atoms with Gasteiger partial charge >= 0.3 is 5.97 Å². The molecule has 0 bridgehead atoms. The average molecular weight is 222 g/mol. The summed E-state index contributed by atoms with van der Waals surface area (Å²) in [6, 6.07) is 4.71. The van der Waals surface area contributed by atoms with Crippen LogP contribution < -0.4 is 0 Å². The third-order valence-corrected chi connectivity index (χ3v) is 3.60. The maximum atomic E-state index is 13.3. The van der Waals surface area contributed by atoms with Crippen molar-refractivity contribution < 1.29 is 14.3 Å². The number of carboxylic acid groups (broad SMARTS) is 1. The Morgan fingerprint density at radius 1 is 1.50 bits per heavy atom. The van der Waals surface area contributed by atoms with Crippen molar-refractivity contribution in [1.29, 1.82) is 0 Å². The fourth-order valence-electron chi connectivity index (χ4n) is 2.30. The van der Waals surface area contributed by atoms with E-state index < -0.39 is 11.4 Å². The molecule has 0 saturated heterocycles. The summed E-state index contributed by atoms with van der Waals surface area (Å²) in [5, 5.41) is 9.28. The van der Waals surface area contributed by atoms with Crippen molar-refractivity contribution in [3.63, 3.8) is 0 Å². The van der Waals surface area contributed by atoms with E-state index in [9.17, 15) is 14.3 Å². The Morgan fingerprint density at radius 2 is 2.19 bits per heavy atom. The molecule has 1 aliphatic rings. The minimum Gasteiger partial charge on any atom is -0.481 e. The molecule has 86 valence electrons. The summed E-state index contributed by atoms with van der Waals surface area (Å²) in [6.07, 6.45) is 2.86. The van der Waals surface area contributed by atoms with Crippen molar-refractivity contribution in [1.82, 2.24) is 0 Å². The summed E-state index contributed by atoms with van der Waals surface area (Å²) in [6.45, 7) is 1.87. The van der Waals surface area contributed by atoms with E-state index >= 15 is 0 Å². The minimum absolute atomic E-state index is 0.244. The van der Waals surface area contributed by atoms with Crippen LogP contribution in [0.3, 0.4) is 0 Å². The maximum Gasteiger partial charge on any atom is 0.314 e. The van der Waals surface area contributed by atoms with Crippen LogP contribution in [-0.2, 0) is 16.6 Å². The van der Waals surface area contributed by atoms with Gasteiger partial charge in [-0.05, 0) is 36.5 Å². The highest BCUT2D eigenvalue weighted by Gasteiger charge is 2.45. The lowest BCUT2D eigenvalue weighted by Gasteiger charge is -2.38. The molecule has 3 heteroatoms. The van der Waals surface area contributed by atoms with Crippen LogP contribution in [0.15, 0.2) is 18.2 Å². The second-order valence-electron chi connectivity index (χ2n) is 4.40. The zero-order valence-electron chi connectivity index (χ0n) is 9.29. The lowest BCUT2D eigenvalue weighted by atomic mass is 9.64. The summed E-state index contributed by atoms with van der Waals surface area (Å²) >= 11 is 0. The molecule has 0 spiro atoms. The van der Waals surface area contributed by atoms with Crippen LogP contribution in [0.25, 0.3) is 0 Å². The second kappa shape index (κ2) is 3.89. The van der Waals surface area contributed by atoms with Gasteiger partial charge < -0.3 is 5.11 Å². The number of rotatable bonds is 3. The average Bonchev–Trinajstić information content (AvgIpc) is 2.18. The van der Waals surface area contributed by atoms with Crippen molar-refractivity contribution in [2.75, 3.05) is 0 Å². The Hall–Kier alpha value is -1.38. The largest absolute Gasteiger partial charge is 0.481 e. The molecule has 0 radical (unpaired) electrons. The van der Waals surface area contributed by atoms with Crippen molar-refractivity contribution >= 4 is 5.97 Å². The van der Waals surface area contributed by atoms with E-state index in [1.807, 2.05) is 6.92 Å². The highest BCUT2D eigenvalue weighted by Crippen LogP contribution is 2.44. The lowest BCUT2D eigenvalue weighted by Crippen LogP contribution is -2.42. The summed E-state index contributed by atoms with van der Waals surface area (Å²) < 4.78 is 13.3. The lowest BCUT2D eigenvalue weighted by molar-refractivity contribution is -0.147. The molecule has 0 heterocycles. The number of aryl methyl sites for hydroxylation is 1. The molecule has 1 aromatic carbocycles. The molecule has 2 nitrogen and oxygen atoms in total. The van der Waals surface area contributed by atoms with Gasteiger partial charge in [-0.2, -0.15) is 0 Å². The quantitative estimate of drug-likeness (QED) is 0.853. The van der Waals surface area contributed by atoms with E-state index in [1.54, 1.807) is 12.1 Å². The topological polar surface area (TPSA) is 37.3 Å². The molecule has 0 unspecified atom stereocenters. The van der Waals surface area contributed by atoms with Crippen LogP contribution in [0.5, 0.6) is 0 Å². The Morgan fingerprint density at radius 3 is 2.62 bits per heavy atom. The van der Waals surface area contributed by atoms with Crippen LogP contribution in [0.2, 0.25) is 0 Å². The number of hydrogen-bond donors (Lipinski definition) is 1. The van der Waals surface area contributed by atoms with Crippen LogP contribution in [0.4, 0.5) is 4.39 Å². The van der Waals surface area contributed by atoms with Crippen LogP contribution >= 0.6 is 0 Å². The SMILES string of the molecule is CCc1cc(C2(C(=O)O)CCC2)ccc1F. The van der Waals surface area contributed by atoms with Gasteiger partial charge in [0.05, 0.1) is 5.41 Å². The van der Waals surface area contributed by atoms with Gasteiger partial charge in [-0.1, -0.05) is 25.5 Å². The Bertz CT molecular complexity index is 422. The predicted molar refractivity (Wildman–Crippen MR) is 58.9 cm³/mol. The Balaban J connectivity index is 2.43. The molecule has 1 aliphatic carbocycles. The van der Waals surface area contributed by atoms with Gasteiger partial charge in [0.15, 0.2) is 0 Å². The number of hydrogen-bond acceptors (Lipinski definition) is 1. The van der Waals surface area contributed by atoms with E-state index in [0.717, 1.165) is 12.0 Å². The van der Waals surface area contributed by atoms with Crippen molar-refractivity contribution in [3.8, 4) is 0 Å². The van der Waals surface area contributed by atoms with E-state index in [1.165, 1.54) is 6.07 Å². The summed E-state index contributed by atoms with van der Waals surface area (Å²) in [5.41, 5.74) is 0.604. The van der Waals surface area contributed by atoms with Crippen LogP contribution in [0.1, 0.15) is 37.3 Å². The zero-order chi connectivity index (χ0) is 11.8. The third kappa shape index (κ3) is 1.51. The van der Waals surface area contributed by atoms with Gasteiger partial charge in [-0.3, -0.25) is 4.79 Å². The van der Waals surface area contributed by atoms with Crippen molar-refractivity contribution in [2.45, 2.75) is 38.0 Å². The zero-order valence-corrected chi connectivity index (χ0v) is 9.29. The van der Waals surface area contributed by atoms with Crippen LogP contribution in [-0.4, -0.2) is 11.1 Å². The van der Waals surface area contributed by atoms with Gasteiger partial charge in [-0.25, -0.2) is 4.39 Å². The molecule has 1 aromatic rings. The monoisotopic (exact) mass is 222 g/mol. The summed E-state index contributed by atoms with van der Waals surface area (Å²) in [4.78, 5) is 11.3. The van der Waals surface area contributed by atoms with Crippen molar-refractivity contribution in [3.05, 3.63) is 35.1 Å².